The van der Waals surface area contributed by atoms with Crippen molar-refractivity contribution in [3.8, 4) is 0 Å². The van der Waals surface area contributed by atoms with Crippen molar-refractivity contribution in [2.75, 3.05) is 32.8 Å². The van der Waals surface area contributed by atoms with Crippen LogP contribution >= 0.6 is 0 Å². The molecule has 98 valence electrons. The first-order chi connectivity index (χ1) is 7.65. The van der Waals surface area contributed by atoms with Crippen molar-refractivity contribution in [1.82, 2.24) is 5.32 Å². The molecule has 0 aliphatic heterocycles. The molecule has 0 saturated carbocycles. The Labute approximate surface area is 99.9 Å². The largest absolute Gasteiger partial charge is 0.352 e. The second kappa shape index (κ2) is 10.0. The van der Waals surface area contributed by atoms with Crippen LogP contribution in [-0.4, -0.2) is 39.1 Å². The van der Waals surface area contributed by atoms with Crippen molar-refractivity contribution in [2.24, 2.45) is 17.6 Å². The standard InChI is InChI=1S/C12H28N2O2/c1-5-15-12(16-6-2)9-14-8-11(7-13)10(3)4/h10-12,14H,5-9,13H2,1-4H3. The van der Waals surface area contributed by atoms with Gasteiger partial charge in [0.15, 0.2) is 6.29 Å². The molecule has 0 fully saturated rings. The molecule has 0 bridgehead atoms. The van der Waals surface area contributed by atoms with Gasteiger partial charge in [-0.3, -0.25) is 0 Å². The van der Waals surface area contributed by atoms with Crippen molar-refractivity contribution < 1.29 is 9.47 Å². The average Bonchev–Trinajstić information content (AvgIpc) is 2.24. The number of hydrogen-bond acceptors (Lipinski definition) is 4. The number of rotatable bonds is 10. The van der Waals surface area contributed by atoms with Gasteiger partial charge in [-0.15, -0.1) is 0 Å². The number of ether oxygens (including phenoxy) is 2. The van der Waals surface area contributed by atoms with Crippen LogP contribution < -0.4 is 11.1 Å². The van der Waals surface area contributed by atoms with Crippen LogP contribution in [0.25, 0.3) is 0 Å². The van der Waals surface area contributed by atoms with Crippen LogP contribution in [0.15, 0.2) is 0 Å². The van der Waals surface area contributed by atoms with E-state index in [9.17, 15) is 0 Å². The Hall–Kier alpha value is -0.160. The Morgan fingerprint density at radius 1 is 1.06 bits per heavy atom. The Balaban J connectivity index is 3.74. The van der Waals surface area contributed by atoms with Gasteiger partial charge >= 0.3 is 0 Å². The maximum absolute atomic E-state index is 5.71. The summed E-state index contributed by atoms with van der Waals surface area (Å²) in [5, 5.41) is 3.36. The van der Waals surface area contributed by atoms with Gasteiger partial charge in [-0.1, -0.05) is 13.8 Å². The van der Waals surface area contributed by atoms with Gasteiger partial charge < -0.3 is 20.5 Å². The lowest BCUT2D eigenvalue weighted by Crippen LogP contribution is -2.37. The molecule has 0 aliphatic carbocycles. The fourth-order valence-corrected chi connectivity index (χ4v) is 1.52. The topological polar surface area (TPSA) is 56.5 Å². The number of nitrogens with one attached hydrogen (secondary N) is 1. The molecule has 0 rings (SSSR count). The highest BCUT2D eigenvalue weighted by Gasteiger charge is 2.12. The molecule has 0 aromatic carbocycles. The fraction of sp³-hybridized carbons (Fsp3) is 1.00. The number of hydrogen-bond donors (Lipinski definition) is 2. The van der Waals surface area contributed by atoms with Crippen LogP contribution in [0.1, 0.15) is 27.7 Å². The average molecular weight is 232 g/mol. The molecule has 0 spiro atoms. The third-order valence-corrected chi connectivity index (χ3v) is 2.67. The second-order valence-electron chi connectivity index (χ2n) is 4.24. The SMILES string of the molecule is CCOC(CNCC(CN)C(C)C)OCC. The quantitative estimate of drug-likeness (QED) is 0.556. The molecular weight excluding hydrogens is 204 g/mol. The number of nitrogens with two attached hydrogens (primary N) is 1. The predicted octanol–water partition coefficient (Wildman–Crippen LogP) is 1.21. The lowest BCUT2D eigenvalue weighted by molar-refractivity contribution is -0.133. The third kappa shape index (κ3) is 7.17. The molecule has 16 heavy (non-hydrogen) atoms. The molecule has 1 unspecified atom stereocenters. The molecule has 0 amide bonds. The van der Waals surface area contributed by atoms with E-state index in [1.807, 2.05) is 13.8 Å². The van der Waals surface area contributed by atoms with Crippen molar-refractivity contribution in [2.45, 2.75) is 34.0 Å². The smallest absolute Gasteiger partial charge is 0.169 e. The van der Waals surface area contributed by atoms with E-state index in [-0.39, 0.29) is 6.29 Å². The summed E-state index contributed by atoms with van der Waals surface area (Å²) in [5.41, 5.74) is 5.71. The van der Waals surface area contributed by atoms with E-state index >= 15 is 0 Å². The summed E-state index contributed by atoms with van der Waals surface area (Å²) in [4.78, 5) is 0. The molecule has 0 radical (unpaired) electrons. The molecule has 0 aromatic rings. The van der Waals surface area contributed by atoms with Gasteiger partial charge in [0.2, 0.25) is 0 Å². The molecule has 0 aromatic heterocycles. The summed E-state index contributed by atoms with van der Waals surface area (Å²) < 4.78 is 10.9. The van der Waals surface area contributed by atoms with Gasteiger partial charge in [0.25, 0.3) is 0 Å². The summed E-state index contributed by atoms with van der Waals surface area (Å²) >= 11 is 0. The third-order valence-electron chi connectivity index (χ3n) is 2.67. The maximum Gasteiger partial charge on any atom is 0.169 e. The zero-order valence-corrected chi connectivity index (χ0v) is 11.2. The van der Waals surface area contributed by atoms with Gasteiger partial charge in [0.05, 0.1) is 0 Å². The minimum absolute atomic E-state index is 0.138. The molecule has 3 N–H and O–H groups in total. The lowest BCUT2D eigenvalue weighted by Gasteiger charge is -2.22. The van der Waals surface area contributed by atoms with Crippen LogP contribution in [0.2, 0.25) is 0 Å². The highest BCUT2D eigenvalue weighted by atomic mass is 16.7. The van der Waals surface area contributed by atoms with Crippen LogP contribution in [0.4, 0.5) is 0 Å². The van der Waals surface area contributed by atoms with E-state index < -0.39 is 0 Å². The predicted molar refractivity (Wildman–Crippen MR) is 67.3 cm³/mol. The lowest BCUT2D eigenvalue weighted by atomic mass is 9.96. The van der Waals surface area contributed by atoms with Gasteiger partial charge in [-0.25, -0.2) is 0 Å². The second-order valence-corrected chi connectivity index (χ2v) is 4.24. The maximum atomic E-state index is 5.71. The molecule has 1 atom stereocenters. The monoisotopic (exact) mass is 232 g/mol. The Bertz CT molecular complexity index is 148. The van der Waals surface area contributed by atoms with E-state index in [0.29, 0.717) is 25.0 Å². The Morgan fingerprint density at radius 3 is 2.00 bits per heavy atom. The van der Waals surface area contributed by atoms with Crippen molar-refractivity contribution in [3.63, 3.8) is 0 Å². The minimum Gasteiger partial charge on any atom is -0.352 e. The molecule has 4 heteroatoms. The summed E-state index contributed by atoms with van der Waals surface area (Å²) in [6.07, 6.45) is -0.138. The van der Waals surface area contributed by atoms with E-state index in [0.717, 1.165) is 19.6 Å². The van der Waals surface area contributed by atoms with E-state index in [1.54, 1.807) is 0 Å². The first kappa shape index (κ1) is 15.8. The zero-order chi connectivity index (χ0) is 12.4. The summed E-state index contributed by atoms with van der Waals surface area (Å²) in [5.74, 6) is 1.12. The Morgan fingerprint density at radius 2 is 1.62 bits per heavy atom. The van der Waals surface area contributed by atoms with E-state index in [2.05, 4.69) is 19.2 Å². The highest BCUT2D eigenvalue weighted by molar-refractivity contribution is 4.67. The summed E-state index contributed by atoms with van der Waals surface area (Å²) in [7, 11) is 0. The van der Waals surface area contributed by atoms with Gasteiger partial charge in [0, 0.05) is 19.8 Å². The van der Waals surface area contributed by atoms with Crippen LogP contribution in [0.3, 0.4) is 0 Å². The van der Waals surface area contributed by atoms with Crippen LogP contribution in [0.5, 0.6) is 0 Å². The van der Waals surface area contributed by atoms with Gasteiger partial charge in [0.1, 0.15) is 0 Å². The minimum atomic E-state index is -0.138. The van der Waals surface area contributed by atoms with E-state index in [4.69, 9.17) is 15.2 Å². The van der Waals surface area contributed by atoms with Crippen molar-refractivity contribution in [1.29, 1.82) is 0 Å². The van der Waals surface area contributed by atoms with E-state index in [1.165, 1.54) is 0 Å². The van der Waals surface area contributed by atoms with Crippen molar-refractivity contribution in [3.05, 3.63) is 0 Å². The first-order valence-corrected chi connectivity index (χ1v) is 6.29. The molecule has 0 saturated heterocycles. The van der Waals surface area contributed by atoms with Gasteiger partial charge in [-0.05, 0) is 38.8 Å². The highest BCUT2D eigenvalue weighted by Crippen LogP contribution is 2.07. The van der Waals surface area contributed by atoms with Crippen LogP contribution in [-0.2, 0) is 9.47 Å². The Kier molecular flexibility index (Phi) is 9.92. The molecule has 0 heterocycles. The molecular formula is C12H28N2O2. The fourth-order valence-electron chi connectivity index (χ4n) is 1.52. The first-order valence-electron chi connectivity index (χ1n) is 6.29. The summed E-state index contributed by atoms with van der Waals surface area (Å²) in [6, 6.07) is 0. The summed E-state index contributed by atoms with van der Waals surface area (Å²) in [6.45, 7) is 12.1. The van der Waals surface area contributed by atoms with Gasteiger partial charge in [-0.2, -0.15) is 0 Å². The van der Waals surface area contributed by atoms with Crippen molar-refractivity contribution >= 4 is 0 Å². The molecule has 0 aliphatic rings. The molecule has 4 nitrogen and oxygen atoms in total. The normalized spacial score (nSPS) is 13.7. The van der Waals surface area contributed by atoms with Crippen LogP contribution in [0, 0.1) is 11.8 Å². The zero-order valence-electron chi connectivity index (χ0n) is 11.2.